The van der Waals surface area contributed by atoms with Crippen LogP contribution in [-0.4, -0.2) is 61.4 Å². The summed E-state index contributed by atoms with van der Waals surface area (Å²) in [6.07, 6.45) is -0.948. The van der Waals surface area contributed by atoms with Crippen molar-refractivity contribution in [1.82, 2.24) is 20.5 Å². The summed E-state index contributed by atoms with van der Waals surface area (Å²) in [5.74, 6) is 1.13. The first-order valence-electron chi connectivity index (χ1n) is 8.74. The second-order valence-electron chi connectivity index (χ2n) is 6.22. The van der Waals surface area contributed by atoms with Crippen molar-refractivity contribution in [3.05, 3.63) is 23.9 Å². The highest BCUT2D eigenvalue weighted by molar-refractivity contribution is 14.0. The van der Waals surface area contributed by atoms with Gasteiger partial charge >= 0.3 is 6.18 Å². The summed E-state index contributed by atoms with van der Waals surface area (Å²) in [5.41, 5.74) is 0.897. The SMILES string of the molecule is CCCOc1ncccc1CNC(=NC)NC1CCN(CC(F)(F)F)C1.I. The predicted molar refractivity (Wildman–Crippen MR) is 110 cm³/mol. The van der Waals surface area contributed by atoms with Crippen LogP contribution in [0.15, 0.2) is 23.3 Å². The molecule has 0 amide bonds. The fraction of sp³-hybridized carbons (Fsp3) is 0.647. The Morgan fingerprint density at radius 1 is 1.44 bits per heavy atom. The number of aromatic nitrogens is 1. The van der Waals surface area contributed by atoms with E-state index in [0.717, 1.165) is 12.0 Å². The van der Waals surface area contributed by atoms with E-state index < -0.39 is 12.7 Å². The van der Waals surface area contributed by atoms with Gasteiger partial charge in [-0.15, -0.1) is 24.0 Å². The first-order valence-corrected chi connectivity index (χ1v) is 8.74. The van der Waals surface area contributed by atoms with E-state index in [0.29, 0.717) is 44.5 Å². The topological polar surface area (TPSA) is 61.8 Å². The summed E-state index contributed by atoms with van der Waals surface area (Å²) < 4.78 is 43.1. The maximum Gasteiger partial charge on any atom is 0.401 e. The van der Waals surface area contributed by atoms with E-state index in [1.165, 1.54) is 4.90 Å². The van der Waals surface area contributed by atoms with Crippen molar-refractivity contribution >= 4 is 29.9 Å². The lowest BCUT2D eigenvalue weighted by Gasteiger charge is -2.20. The van der Waals surface area contributed by atoms with Gasteiger partial charge in [0.25, 0.3) is 0 Å². The molecule has 0 bridgehead atoms. The standard InChI is InChI=1S/C17H26F3N5O.HI/c1-3-9-26-15-13(5-4-7-22-15)10-23-16(21-2)24-14-6-8-25(11-14)12-17(18,19)20;/h4-5,7,14H,3,6,8-12H2,1-2H3,(H2,21,23,24);1H. The van der Waals surface area contributed by atoms with Gasteiger partial charge in [-0.2, -0.15) is 13.2 Å². The summed E-state index contributed by atoms with van der Waals surface area (Å²) in [5, 5.41) is 6.35. The molecule has 10 heteroatoms. The molecule has 1 unspecified atom stereocenters. The fourth-order valence-corrected chi connectivity index (χ4v) is 2.80. The van der Waals surface area contributed by atoms with Gasteiger partial charge in [0, 0.05) is 44.5 Å². The van der Waals surface area contributed by atoms with Crippen LogP contribution in [0.3, 0.4) is 0 Å². The lowest BCUT2D eigenvalue weighted by atomic mass is 10.2. The van der Waals surface area contributed by atoms with E-state index in [4.69, 9.17) is 4.74 Å². The van der Waals surface area contributed by atoms with Crippen LogP contribution in [0.1, 0.15) is 25.3 Å². The van der Waals surface area contributed by atoms with Crippen molar-refractivity contribution in [2.45, 2.75) is 38.5 Å². The number of nitrogens with zero attached hydrogens (tertiary/aromatic N) is 3. The Kier molecular flexibility index (Phi) is 10.1. The van der Waals surface area contributed by atoms with Crippen LogP contribution in [0.2, 0.25) is 0 Å². The molecule has 2 rings (SSSR count). The molecule has 1 fully saturated rings. The zero-order valence-corrected chi connectivity index (χ0v) is 17.9. The molecule has 2 heterocycles. The molecule has 0 spiro atoms. The summed E-state index contributed by atoms with van der Waals surface area (Å²) >= 11 is 0. The Morgan fingerprint density at radius 2 is 2.22 bits per heavy atom. The van der Waals surface area contributed by atoms with Crippen LogP contribution in [0, 0.1) is 0 Å². The molecule has 154 valence electrons. The van der Waals surface area contributed by atoms with E-state index >= 15 is 0 Å². The molecule has 0 radical (unpaired) electrons. The molecule has 1 aromatic heterocycles. The van der Waals surface area contributed by atoms with Crippen molar-refractivity contribution in [2.24, 2.45) is 4.99 Å². The van der Waals surface area contributed by atoms with Crippen LogP contribution in [0.5, 0.6) is 5.88 Å². The first kappa shape index (κ1) is 23.7. The Balaban J connectivity index is 0.00000364. The average Bonchev–Trinajstić information content (AvgIpc) is 3.02. The Morgan fingerprint density at radius 3 is 2.89 bits per heavy atom. The molecule has 0 aliphatic carbocycles. The lowest BCUT2D eigenvalue weighted by molar-refractivity contribution is -0.143. The molecule has 1 aliphatic heterocycles. The highest BCUT2D eigenvalue weighted by Crippen LogP contribution is 2.20. The minimum Gasteiger partial charge on any atom is -0.477 e. The summed E-state index contributed by atoms with van der Waals surface area (Å²) in [7, 11) is 1.63. The van der Waals surface area contributed by atoms with Gasteiger partial charge in [0.2, 0.25) is 5.88 Å². The molecule has 1 saturated heterocycles. The predicted octanol–water partition coefficient (Wildman–Crippen LogP) is 2.79. The quantitative estimate of drug-likeness (QED) is 0.342. The molecular formula is C17H27F3IN5O. The molecule has 1 aromatic rings. The molecule has 0 saturated carbocycles. The molecule has 6 nitrogen and oxygen atoms in total. The number of guanidine groups is 1. The number of halogens is 4. The highest BCUT2D eigenvalue weighted by Gasteiger charge is 2.34. The van der Waals surface area contributed by atoms with E-state index in [1.54, 1.807) is 13.2 Å². The Labute approximate surface area is 175 Å². The van der Waals surface area contributed by atoms with Crippen molar-refractivity contribution in [3.8, 4) is 5.88 Å². The second kappa shape index (κ2) is 11.5. The Bertz CT molecular complexity index is 600. The third-order valence-corrected chi connectivity index (χ3v) is 3.98. The van der Waals surface area contributed by atoms with Crippen LogP contribution < -0.4 is 15.4 Å². The van der Waals surface area contributed by atoms with Crippen LogP contribution >= 0.6 is 24.0 Å². The Hall–Kier alpha value is -1.30. The second-order valence-corrected chi connectivity index (χ2v) is 6.22. The van der Waals surface area contributed by atoms with Gasteiger partial charge in [0.05, 0.1) is 13.2 Å². The number of alkyl halides is 3. The number of hydrogen-bond donors (Lipinski definition) is 2. The average molecular weight is 501 g/mol. The number of hydrogen-bond acceptors (Lipinski definition) is 4. The fourth-order valence-electron chi connectivity index (χ4n) is 2.80. The molecular weight excluding hydrogens is 474 g/mol. The van der Waals surface area contributed by atoms with Gasteiger partial charge in [-0.25, -0.2) is 4.98 Å². The van der Waals surface area contributed by atoms with Gasteiger partial charge in [0.1, 0.15) is 0 Å². The van der Waals surface area contributed by atoms with Gasteiger partial charge in [0.15, 0.2) is 5.96 Å². The van der Waals surface area contributed by atoms with Crippen molar-refractivity contribution in [3.63, 3.8) is 0 Å². The number of likely N-dealkylation sites (tertiary alicyclic amines) is 1. The van der Waals surface area contributed by atoms with Gasteiger partial charge in [-0.3, -0.25) is 9.89 Å². The smallest absolute Gasteiger partial charge is 0.401 e. The number of nitrogens with one attached hydrogen (secondary N) is 2. The van der Waals surface area contributed by atoms with E-state index in [9.17, 15) is 13.2 Å². The maximum absolute atomic E-state index is 12.5. The zero-order chi connectivity index (χ0) is 19.0. The number of rotatable bonds is 7. The third kappa shape index (κ3) is 8.50. The molecule has 1 aliphatic rings. The normalized spacial score (nSPS) is 18.1. The van der Waals surface area contributed by atoms with E-state index in [2.05, 4.69) is 20.6 Å². The summed E-state index contributed by atoms with van der Waals surface area (Å²) in [4.78, 5) is 9.79. The molecule has 2 N–H and O–H groups in total. The number of aliphatic imine (C=N–C) groups is 1. The van der Waals surface area contributed by atoms with Crippen molar-refractivity contribution < 1.29 is 17.9 Å². The van der Waals surface area contributed by atoms with Crippen LogP contribution in [-0.2, 0) is 6.54 Å². The minimum atomic E-state index is -4.16. The summed E-state index contributed by atoms with van der Waals surface area (Å²) in [6.45, 7) is 2.98. The summed E-state index contributed by atoms with van der Waals surface area (Å²) in [6, 6.07) is 3.69. The number of ether oxygens (including phenoxy) is 1. The lowest BCUT2D eigenvalue weighted by Crippen LogP contribution is -2.45. The third-order valence-electron chi connectivity index (χ3n) is 3.98. The zero-order valence-electron chi connectivity index (χ0n) is 15.6. The molecule has 27 heavy (non-hydrogen) atoms. The minimum absolute atomic E-state index is 0. The monoisotopic (exact) mass is 501 g/mol. The van der Waals surface area contributed by atoms with Crippen molar-refractivity contribution in [1.29, 1.82) is 0 Å². The van der Waals surface area contributed by atoms with Gasteiger partial charge in [-0.1, -0.05) is 13.0 Å². The van der Waals surface area contributed by atoms with Crippen LogP contribution in [0.4, 0.5) is 13.2 Å². The largest absolute Gasteiger partial charge is 0.477 e. The van der Waals surface area contributed by atoms with Crippen molar-refractivity contribution in [2.75, 3.05) is 33.3 Å². The molecule has 0 aromatic carbocycles. The van der Waals surface area contributed by atoms with Gasteiger partial charge < -0.3 is 15.4 Å². The molecule has 1 atom stereocenters. The first-order chi connectivity index (χ1) is 12.4. The van der Waals surface area contributed by atoms with Crippen LogP contribution in [0.25, 0.3) is 0 Å². The highest BCUT2D eigenvalue weighted by atomic mass is 127. The number of pyridine rings is 1. The van der Waals surface area contributed by atoms with E-state index in [1.807, 2.05) is 19.1 Å². The maximum atomic E-state index is 12.5. The van der Waals surface area contributed by atoms with E-state index in [-0.39, 0.29) is 30.0 Å². The van der Waals surface area contributed by atoms with Gasteiger partial charge in [-0.05, 0) is 18.9 Å².